The summed E-state index contributed by atoms with van der Waals surface area (Å²) in [6.07, 6.45) is 2.53. The van der Waals surface area contributed by atoms with Crippen molar-refractivity contribution in [3.8, 4) is 0 Å². The van der Waals surface area contributed by atoms with Crippen LogP contribution in [0.25, 0.3) is 0 Å². The van der Waals surface area contributed by atoms with Gasteiger partial charge in [0.25, 0.3) is 0 Å². The Hall–Kier alpha value is -1.47. The Morgan fingerprint density at radius 3 is 1.97 bits per heavy atom. The van der Waals surface area contributed by atoms with Crippen LogP contribution in [0.3, 0.4) is 0 Å². The van der Waals surface area contributed by atoms with Crippen LogP contribution in [0.2, 0.25) is 0 Å². The van der Waals surface area contributed by atoms with Crippen LogP contribution in [0.1, 0.15) is 35.6 Å². The number of hydrogen-bond donors (Lipinski definition) is 6. The molecule has 0 aliphatic rings. The number of aliphatic hydroxyl groups is 2. The van der Waals surface area contributed by atoms with Crippen LogP contribution in [-0.2, 0) is 35.5 Å². The standard InChI is InChI=1S/C23H35BO8S/c1-2-8-31-9-6-18-4-3-5-19(13-18)7-10-32-11-12-33(29,30)23-15-22(24(27)28)20(16-25)14-21(23)17-26/h3-5,13-15,25-30H,2,6-12,16-17H2,1H3. The van der Waals surface area contributed by atoms with Gasteiger partial charge >= 0.3 is 7.12 Å². The summed E-state index contributed by atoms with van der Waals surface area (Å²) in [5, 5.41) is 38.1. The van der Waals surface area contributed by atoms with Gasteiger partial charge in [0.1, 0.15) is 0 Å². The van der Waals surface area contributed by atoms with Gasteiger partial charge in [-0.3, -0.25) is 9.11 Å². The lowest BCUT2D eigenvalue weighted by atomic mass is 9.76. The highest BCUT2D eigenvalue weighted by Gasteiger charge is 2.25. The van der Waals surface area contributed by atoms with Gasteiger partial charge in [-0.1, -0.05) is 31.2 Å². The Balaban J connectivity index is 1.90. The zero-order valence-electron chi connectivity index (χ0n) is 19.0. The fourth-order valence-electron chi connectivity index (χ4n) is 3.45. The molecule has 0 saturated carbocycles. The van der Waals surface area contributed by atoms with E-state index >= 15 is 0 Å². The Kier molecular flexibility index (Phi) is 11.8. The van der Waals surface area contributed by atoms with Crippen molar-refractivity contribution in [2.45, 2.75) is 44.3 Å². The monoisotopic (exact) mass is 482 g/mol. The van der Waals surface area contributed by atoms with Crippen molar-refractivity contribution in [2.24, 2.45) is 0 Å². The molecule has 0 atom stereocenters. The lowest BCUT2D eigenvalue weighted by Crippen LogP contribution is -2.34. The SMILES string of the molecule is CCCOCCc1cccc(CCOCCS(O)(O)c2cc(B(O)O)c(CO)cc2CO)c1. The molecule has 10 heteroatoms. The van der Waals surface area contributed by atoms with Crippen molar-refractivity contribution in [1.29, 1.82) is 0 Å². The number of hydrogen-bond acceptors (Lipinski definition) is 8. The molecule has 0 unspecified atom stereocenters. The van der Waals surface area contributed by atoms with E-state index in [-0.39, 0.29) is 33.8 Å². The van der Waals surface area contributed by atoms with Crippen LogP contribution >= 0.6 is 10.6 Å². The molecule has 0 aromatic heterocycles. The van der Waals surface area contributed by atoms with E-state index in [0.717, 1.165) is 25.0 Å². The Morgan fingerprint density at radius 1 is 0.818 bits per heavy atom. The van der Waals surface area contributed by atoms with Gasteiger partial charge in [-0.2, -0.15) is 10.6 Å². The summed E-state index contributed by atoms with van der Waals surface area (Å²) in [4.78, 5) is 0.0203. The van der Waals surface area contributed by atoms with Gasteiger partial charge in [0, 0.05) is 12.2 Å². The van der Waals surface area contributed by atoms with E-state index in [4.69, 9.17) is 9.47 Å². The maximum atomic E-state index is 10.7. The van der Waals surface area contributed by atoms with E-state index in [9.17, 15) is 29.4 Å². The van der Waals surface area contributed by atoms with Crippen molar-refractivity contribution in [3.63, 3.8) is 0 Å². The maximum absolute atomic E-state index is 10.7. The summed E-state index contributed by atoms with van der Waals surface area (Å²) in [6, 6.07) is 10.8. The molecule has 6 N–H and O–H groups in total. The lowest BCUT2D eigenvalue weighted by molar-refractivity contribution is 0.138. The molecule has 8 nitrogen and oxygen atoms in total. The molecular formula is C23H35BO8S. The third-order valence-corrected chi connectivity index (χ3v) is 7.04. The van der Waals surface area contributed by atoms with Crippen molar-refractivity contribution in [1.82, 2.24) is 0 Å². The third-order valence-electron chi connectivity index (χ3n) is 5.22. The number of benzene rings is 2. The highest BCUT2D eigenvalue weighted by atomic mass is 32.3. The lowest BCUT2D eigenvalue weighted by Gasteiger charge is -2.34. The zero-order chi connectivity index (χ0) is 24.3. The Bertz CT molecular complexity index is 862. The second-order valence-corrected chi connectivity index (χ2v) is 9.95. The van der Waals surface area contributed by atoms with Gasteiger partial charge in [-0.25, -0.2) is 0 Å². The fraction of sp³-hybridized carbons (Fsp3) is 0.478. The molecule has 0 bridgehead atoms. The predicted molar refractivity (Wildman–Crippen MR) is 130 cm³/mol. The molecular weight excluding hydrogens is 447 g/mol. The largest absolute Gasteiger partial charge is 0.488 e. The zero-order valence-corrected chi connectivity index (χ0v) is 19.8. The molecule has 0 radical (unpaired) electrons. The van der Waals surface area contributed by atoms with E-state index < -0.39 is 30.9 Å². The van der Waals surface area contributed by atoms with Gasteiger partial charge < -0.3 is 29.7 Å². The number of ether oxygens (including phenoxy) is 2. The second-order valence-electron chi connectivity index (χ2n) is 7.76. The maximum Gasteiger partial charge on any atom is 0.488 e. The molecule has 0 amide bonds. The topological polar surface area (TPSA) is 140 Å². The van der Waals surface area contributed by atoms with E-state index in [0.29, 0.717) is 19.6 Å². The predicted octanol–water partition coefficient (Wildman–Crippen LogP) is 1.69. The van der Waals surface area contributed by atoms with E-state index in [1.165, 1.54) is 17.7 Å². The molecule has 2 aromatic rings. The highest BCUT2D eigenvalue weighted by molar-refractivity contribution is 8.24. The van der Waals surface area contributed by atoms with Gasteiger partial charge in [0.05, 0.1) is 43.7 Å². The minimum atomic E-state index is -3.35. The van der Waals surface area contributed by atoms with Gasteiger partial charge in [0.15, 0.2) is 0 Å². The summed E-state index contributed by atoms with van der Waals surface area (Å²) in [6.45, 7) is 3.06. The summed E-state index contributed by atoms with van der Waals surface area (Å²) in [5.41, 5.74) is 2.69. The summed E-state index contributed by atoms with van der Waals surface area (Å²) in [5.74, 6) is -0.103. The first-order valence-corrected chi connectivity index (χ1v) is 12.8. The van der Waals surface area contributed by atoms with E-state index in [1.54, 1.807) is 0 Å². The second kappa shape index (κ2) is 14.1. The molecule has 2 rings (SSSR count). The smallest absolute Gasteiger partial charge is 0.423 e. The molecule has 184 valence electrons. The molecule has 0 saturated heterocycles. The van der Waals surface area contributed by atoms with Crippen LogP contribution in [0.4, 0.5) is 0 Å². The van der Waals surface area contributed by atoms with Crippen molar-refractivity contribution in [2.75, 3.05) is 32.2 Å². The third kappa shape index (κ3) is 8.68. The normalized spacial score (nSPS) is 12.2. The van der Waals surface area contributed by atoms with Crippen molar-refractivity contribution in [3.05, 3.63) is 58.7 Å². The Labute approximate surface area is 197 Å². The van der Waals surface area contributed by atoms with Crippen LogP contribution < -0.4 is 5.46 Å². The molecule has 2 aromatic carbocycles. The number of rotatable bonds is 15. The molecule has 0 aliphatic carbocycles. The fourth-order valence-corrected chi connectivity index (χ4v) is 4.88. The molecule has 0 heterocycles. The summed E-state index contributed by atoms with van der Waals surface area (Å²) >= 11 is 0. The average molecular weight is 482 g/mol. The molecule has 0 aliphatic heterocycles. The minimum Gasteiger partial charge on any atom is -0.423 e. The Morgan fingerprint density at radius 2 is 1.42 bits per heavy atom. The van der Waals surface area contributed by atoms with Crippen molar-refractivity contribution < 1.29 is 38.8 Å². The quantitative estimate of drug-likeness (QED) is 0.167. The first-order chi connectivity index (χ1) is 15.8. The molecule has 0 spiro atoms. The molecule has 0 fully saturated rings. The van der Waals surface area contributed by atoms with Gasteiger partial charge in [0.2, 0.25) is 0 Å². The van der Waals surface area contributed by atoms with Gasteiger partial charge in [-0.05, 0) is 53.5 Å². The summed E-state index contributed by atoms with van der Waals surface area (Å²) in [7, 11) is -5.24. The van der Waals surface area contributed by atoms with Crippen LogP contribution in [0.5, 0.6) is 0 Å². The van der Waals surface area contributed by atoms with E-state index in [2.05, 4.69) is 19.1 Å². The average Bonchev–Trinajstić information content (AvgIpc) is 2.80. The minimum absolute atomic E-state index is 0.0203. The first-order valence-electron chi connectivity index (χ1n) is 11.0. The first kappa shape index (κ1) is 27.8. The van der Waals surface area contributed by atoms with Crippen molar-refractivity contribution >= 4 is 23.2 Å². The van der Waals surface area contributed by atoms with E-state index in [1.807, 2.05) is 12.1 Å². The van der Waals surface area contributed by atoms with Crippen LogP contribution in [0, 0.1) is 0 Å². The summed E-state index contributed by atoms with van der Waals surface area (Å²) < 4.78 is 32.5. The number of aliphatic hydroxyl groups excluding tert-OH is 2. The molecule has 33 heavy (non-hydrogen) atoms. The van der Waals surface area contributed by atoms with Crippen LogP contribution in [-0.4, -0.2) is 68.7 Å². The van der Waals surface area contributed by atoms with Crippen LogP contribution in [0.15, 0.2) is 41.3 Å². The van der Waals surface area contributed by atoms with Gasteiger partial charge in [-0.15, -0.1) is 0 Å². The highest BCUT2D eigenvalue weighted by Crippen LogP contribution is 2.49.